The number of benzene rings is 2. The third kappa shape index (κ3) is 7.47. The molecule has 0 aromatic heterocycles. The summed E-state index contributed by atoms with van der Waals surface area (Å²) in [4.78, 5) is 14.8. The van der Waals surface area contributed by atoms with E-state index in [0.29, 0.717) is 44.6 Å². The van der Waals surface area contributed by atoms with E-state index < -0.39 is 26.1 Å². The van der Waals surface area contributed by atoms with Gasteiger partial charge in [0, 0.05) is 44.7 Å². The Labute approximate surface area is 213 Å². The zero-order chi connectivity index (χ0) is 26.2. The van der Waals surface area contributed by atoms with E-state index in [-0.39, 0.29) is 23.8 Å². The van der Waals surface area contributed by atoms with E-state index in [2.05, 4.69) is 11.3 Å². The lowest BCUT2D eigenvalue weighted by atomic mass is 10.1. The summed E-state index contributed by atoms with van der Waals surface area (Å²) in [5, 5.41) is 0.803. The lowest BCUT2D eigenvalue weighted by Crippen LogP contribution is -2.42. The number of carbonyl (C=O) groups excluding carboxylic acids is 1. The van der Waals surface area contributed by atoms with Crippen molar-refractivity contribution >= 4 is 26.0 Å². The van der Waals surface area contributed by atoms with Gasteiger partial charge in [0.1, 0.15) is 0 Å². The minimum Gasteiger partial charge on any atom is -0.383 e. The van der Waals surface area contributed by atoms with Gasteiger partial charge in [-0.3, -0.25) is 4.79 Å². The van der Waals surface area contributed by atoms with Gasteiger partial charge < -0.3 is 9.64 Å². The first-order valence-corrected chi connectivity index (χ1v) is 14.7. The van der Waals surface area contributed by atoms with Crippen molar-refractivity contribution in [3.63, 3.8) is 0 Å². The van der Waals surface area contributed by atoms with Crippen LogP contribution in [-0.2, 0) is 42.5 Å². The molecule has 3 rings (SSSR count). The quantitative estimate of drug-likeness (QED) is 0.420. The standard InChI is InChI=1S/C25H33N3O6S2/c1-3-35(30,31)26-19-23-10-7-15-28(23)36(32,33)24-13-11-21(12-14-24)18-25(29)27(16-17-34-2)20-22-8-5-4-6-9-22/h3-6,8-9,11-14,23,26H,1,7,10,15-20H2,2H3/t23-/m1/s1. The monoisotopic (exact) mass is 535 g/mol. The van der Waals surface area contributed by atoms with Crippen LogP contribution >= 0.6 is 0 Å². The molecule has 1 aliphatic heterocycles. The van der Waals surface area contributed by atoms with Crippen molar-refractivity contribution in [3.05, 3.63) is 77.7 Å². The minimum atomic E-state index is -3.82. The van der Waals surface area contributed by atoms with Crippen LogP contribution in [0.25, 0.3) is 0 Å². The summed E-state index contributed by atoms with van der Waals surface area (Å²) in [6.45, 7) is 4.87. The van der Waals surface area contributed by atoms with E-state index in [1.165, 1.54) is 16.4 Å². The summed E-state index contributed by atoms with van der Waals surface area (Å²) in [5.41, 5.74) is 1.71. The number of amides is 1. The first-order chi connectivity index (χ1) is 17.2. The molecule has 2 aromatic rings. The van der Waals surface area contributed by atoms with Gasteiger partial charge in [-0.1, -0.05) is 49.0 Å². The molecule has 1 saturated heterocycles. The summed E-state index contributed by atoms with van der Waals surface area (Å²) in [7, 11) is -5.87. The van der Waals surface area contributed by atoms with Gasteiger partial charge in [0.15, 0.2) is 0 Å². The molecule has 0 aliphatic carbocycles. The molecule has 1 heterocycles. The van der Waals surface area contributed by atoms with E-state index in [4.69, 9.17) is 4.74 Å². The highest BCUT2D eigenvalue weighted by Gasteiger charge is 2.35. The number of hydrogen-bond donors (Lipinski definition) is 1. The number of carbonyl (C=O) groups is 1. The molecule has 0 radical (unpaired) electrons. The molecule has 9 nitrogen and oxygen atoms in total. The average Bonchev–Trinajstić information content (AvgIpc) is 3.36. The van der Waals surface area contributed by atoms with E-state index in [1.807, 2.05) is 30.3 Å². The van der Waals surface area contributed by atoms with E-state index in [0.717, 1.165) is 11.0 Å². The highest BCUT2D eigenvalue weighted by molar-refractivity contribution is 7.92. The molecule has 0 unspecified atom stereocenters. The number of ether oxygens (including phenoxy) is 1. The summed E-state index contributed by atoms with van der Waals surface area (Å²) in [6, 6.07) is 15.5. The van der Waals surface area contributed by atoms with E-state index >= 15 is 0 Å². The zero-order valence-corrected chi connectivity index (χ0v) is 22.0. The van der Waals surface area contributed by atoms with E-state index in [9.17, 15) is 21.6 Å². The van der Waals surface area contributed by atoms with Gasteiger partial charge in [-0.25, -0.2) is 21.6 Å². The molecule has 1 amide bonds. The van der Waals surface area contributed by atoms with Gasteiger partial charge >= 0.3 is 0 Å². The van der Waals surface area contributed by atoms with Crippen LogP contribution in [0.15, 0.2) is 71.5 Å². The second-order valence-corrected chi connectivity index (χ2v) is 12.2. The number of hydrogen-bond acceptors (Lipinski definition) is 6. The summed E-state index contributed by atoms with van der Waals surface area (Å²) < 4.78 is 58.7. The molecule has 2 aromatic carbocycles. The number of methoxy groups -OCH3 is 1. The Morgan fingerprint density at radius 3 is 2.44 bits per heavy atom. The number of rotatable bonds is 13. The first-order valence-electron chi connectivity index (χ1n) is 11.7. The Balaban J connectivity index is 1.68. The molecule has 1 N–H and O–H groups in total. The Morgan fingerprint density at radius 1 is 1.11 bits per heavy atom. The number of nitrogens with zero attached hydrogens (tertiary/aromatic N) is 2. The summed E-state index contributed by atoms with van der Waals surface area (Å²) in [6.07, 6.45) is 1.34. The molecule has 196 valence electrons. The van der Waals surface area contributed by atoms with Crippen molar-refractivity contribution in [2.75, 3.05) is 33.4 Å². The fourth-order valence-electron chi connectivity index (χ4n) is 4.10. The van der Waals surface area contributed by atoms with Crippen LogP contribution in [0.1, 0.15) is 24.0 Å². The summed E-state index contributed by atoms with van der Waals surface area (Å²) in [5.74, 6) is -0.0828. The fourth-order valence-corrected chi connectivity index (χ4v) is 6.33. The van der Waals surface area contributed by atoms with Gasteiger partial charge in [-0.15, -0.1) is 0 Å². The van der Waals surface area contributed by atoms with Crippen LogP contribution in [0.3, 0.4) is 0 Å². The van der Waals surface area contributed by atoms with Crippen LogP contribution < -0.4 is 4.72 Å². The Kier molecular flexibility index (Phi) is 9.80. The average molecular weight is 536 g/mol. The van der Waals surface area contributed by atoms with Crippen LogP contribution in [0, 0.1) is 0 Å². The molecule has 0 saturated carbocycles. The maximum Gasteiger partial charge on any atom is 0.243 e. The lowest BCUT2D eigenvalue weighted by Gasteiger charge is -2.24. The minimum absolute atomic E-state index is 0.0150. The Morgan fingerprint density at radius 2 is 1.81 bits per heavy atom. The fraction of sp³-hybridized carbons (Fsp3) is 0.400. The molecule has 11 heteroatoms. The predicted octanol–water partition coefficient (Wildman–Crippen LogP) is 2.12. The predicted molar refractivity (Wildman–Crippen MR) is 138 cm³/mol. The number of nitrogens with one attached hydrogen (secondary N) is 1. The topological polar surface area (TPSA) is 113 Å². The van der Waals surface area contributed by atoms with Crippen molar-refractivity contribution in [3.8, 4) is 0 Å². The van der Waals surface area contributed by atoms with Crippen LogP contribution in [-0.4, -0.2) is 71.3 Å². The maximum atomic E-state index is 13.2. The molecule has 36 heavy (non-hydrogen) atoms. The van der Waals surface area contributed by atoms with Crippen molar-refractivity contribution in [2.24, 2.45) is 0 Å². The van der Waals surface area contributed by atoms with Gasteiger partial charge in [0.05, 0.1) is 17.9 Å². The van der Waals surface area contributed by atoms with Crippen molar-refractivity contribution in [1.29, 1.82) is 0 Å². The van der Waals surface area contributed by atoms with E-state index in [1.54, 1.807) is 24.1 Å². The van der Waals surface area contributed by atoms with Gasteiger partial charge in [-0.2, -0.15) is 4.31 Å². The van der Waals surface area contributed by atoms with Gasteiger partial charge in [0.2, 0.25) is 26.0 Å². The normalized spacial score (nSPS) is 16.6. The second-order valence-electron chi connectivity index (χ2n) is 8.59. The second kappa shape index (κ2) is 12.6. The SMILES string of the molecule is C=CS(=O)(=O)NC[C@H]1CCCN1S(=O)(=O)c1ccc(CC(=O)N(CCOC)Cc2ccccc2)cc1. The highest BCUT2D eigenvalue weighted by Crippen LogP contribution is 2.26. The first kappa shape index (κ1) is 28.0. The molecule has 1 aliphatic rings. The third-order valence-electron chi connectivity index (χ3n) is 6.08. The number of sulfonamides is 2. The smallest absolute Gasteiger partial charge is 0.243 e. The molecule has 0 spiro atoms. The van der Waals surface area contributed by atoms with Crippen LogP contribution in [0.2, 0.25) is 0 Å². The van der Waals surface area contributed by atoms with Crippen LogP contribution in [0.4, 0.5) is 0 Å². The molecular weight excluding hydrogens is 502 g/mol. The molecule has 0 bridgehead atoms. The van der Waals surface area contributed by atoms with Crippen LogP contribution in [0.5, 0.6) is 0 Å². The third-order valence-corrected chi connectivity index (χ3v) is 9.06. The Hall–Kier alpha value is -2.57. The van der Waals surface area contributed by atoms with Crippen molar-refractivity contribution in [1.82, 2.24) is 13.9 Å². The summed E-state index contributed by atoms with van der Waals surface area (Å²) >= 11 is 0. The zero-order valence-electron chi connectivity index (χ0n) is 20.4. The van der Waals surface area contributed by atoms with Gasteiger partial charge in [0.25, 0.3) is 0 Å². The molecular formula is C25H33N3O6S2. The maximum absolute atomic E-state index is 13.2. The largest absolute Gasteiger partial charge is 0.383 e. The molecule has 1 fully saturated rings. The lowest BCUT2D eigenvalue weighted by molar-refractivity contribution is -0.131. The Bertz CT molecular complexity index is 1230. The van der Waals surface area contributed by atoms with Crippen molar-refractivity contribution in [2.45, 2.75) is 36.7 Å². The van der Waals surface area contributed by atoms with Gasteiger partial charge in [-0.05, 0) is 36.1 Å². The molecule has 1 atom stereocenters. The van der Waals surface area contributed by atoms with Crippen molar-refractivity contribution < 1.29 is 26.4 Å². The highest BCUT2D eigenvalue weighted by atomic mass is 32.2.